The van der Waals surface area contributed by atoms with E-state index in [2.05, 4.69) is 64.1 Å². The molecule has 88 valence electrons. The number of aryl methyl sites for hydroxylation is 3. The molecule has 0 spiro atoms. The Labute approximate surface area is 108 Å². The van der Waals surface area contributed by atoms with Crippen molar-refractivity contribution < 1.29 is 0 Å². The quantitative estimate of drug-likeness (QED) is 0.708. The summed E-state index contributed by atoms with van der Waals surface area (Å²) in [5, 5.41) is 0. The molecule has 0 aliphatic rings. The maximum atomic E-state index is 2.28. The number of rotatable bonds is 2. The first kappa shape index (κ1) is 12.3. The highest BCUT2D eigenvalue weighted by atomic mass is 32.2. The molecule has 0 bridgehead atoms. The number of hydrogen-bond acceptors (Lipinski definition) is 1. The van der Waals surface area contributed by atoms with E-state index in [1.807, 2.05) is 11.8 Å². The first-order valence-corrected chi connectivity index (χ1v) is 6.71. The Morgan fingerprint density at radius 2 is 1.47 bits per heavy atom. The summed E-state index contributed by atoms with van der Waals surface area (Å²) < 4.78 is 0. The van der Waals surface area contributed by atoms with Gasteiger partial charge in [-0.05, 0) is 62.1 Å². The molecule has 0 heterocycles. The average Bonchev–Trinajstić information content (AvgIpc) is 2.28. The normalized spacial score (nSPS) is 10.6. The first-order valence-electron chi connectivity index (χ1n) is 5.89. The minimum atomic E-state index is 1.34. The molecule has 0 unspecified atom stereocenters. The molecule has 0 saturated carbocycles. The van der Waals surface area contributed by atoms with Crippen LogP contribution in [0.4, 0.5) is 0 Å². The summed E-state index contributed by atoms with van der Waals surface area (Å²) in [5.41, 5.74) is 5.45. The van der Waals surface area contributed by atoms with Crippen LogP contribution in [0.2, 0.25) is 0 Å². The van der Waals surface area contributed by atoms with Gasteiger partial charge in [-0.3, -0.25) is 0 Å². The van der Waals surface area contributed by atoms with E-state index < -0.39 is 0 Å². The highest BCUT2D eigenvalue weighted by Gasteiger charge is 2.06. The van der Waals surface area contributed by atoms with Crippen LogP contribution in [0.5, 0.6) is 0 Å². The summed E-state index contributed by atoms with van der Waals surface area (Å²) in [5.74, 6) is 0. The van der Waals surface area contributed by atoms with Gasteiger partial charge in [0.2, 0.25) is 0 Å². The van der Waals surface area contributed by atoms with Crippen LogP contribution in [0.1, 0.15) is 22.3 Å². The highest BCUT2D eigenvalue weighted by molar-refractivity contribution is 7.99. The van der Waals surface area contributed by atoms with Crippen molar-refractivity contribution in [1.29, 1.82) is 0 Å². The molecule has 0 aliphatic heterocycles. The van der Waals surface area contributed by atoms with Crippen molar-refractivity contribution in [3.05, 3.63) is 58.7 Å². The molecule has 0 amide bonds. The fourth-order valence-corrected chi connectivity index (χ4v) is 3.07. The van der Waals surface area contributed by atoms with Gasteiger partial charge in [0.1, 0.15) is 0 Å². The Morgan fingerprint density at radius 3 is 2.18 bits per heavy atom. The molecular weight excluding hydrogens is 224 g/mol. The van der Waals surface area contributed by atoms with Gasteiger partial charge >= 0.3 is 0 Å². The number of benzene rings is 2. The van der Waals surface area contributed by atoms with Crippen LogP contribution in [0.15, 0.2) is 46.2 Å². The zero-order chi connectivity index (χ0) is 12.4. The van der Waals surface area contributed by atoms with Gasteiger partial charge in [0.15, 0.2) is 0 Å². The second-order valence-electron chi connectivity index (χ2n) is 4.57. The van der Waals surface area contributed by atoms with Crippen LogP contribution in [0.3, 0.4) is 0 Å². The summed E-state index contributed by atoms with van der Waals surface area (Å²) >= 11 is 1.87. The maximum Gasteiger partial charge on any atom is 0.0156 e. The molecular formula is C16H18S. The molecule has 2 rings (SSSR count). The summed E-state index contributed by atoms with van der Waals surface area (Å²) in [6.07, 6.45) is 0. The topological polar surface area (TPSA) is 0 Å². The van der Waals surface area contributed by atoms with Crippen molar-refractivity contribution in [1.82, 2.24) is 0 Å². The second-order valence-corrected chi connectivity index (χ2v) is 5.66. The third-order valence-corrected chi connectivity index (χ3v) is 4.40. The van der Waals surface area contributed by atoms with Gasteiger partial charge in [-0.15, -0.1) is 0 Å². The minimum Gasteiger partial charge on any atom is -0.0895 e. The van der Waals surface area contributed by atoms with Gasteiger partial charge in [-0.1, -0.05) is 36.0 Å². The molecule has 0 radical (unpaired) electrons. The van der Waals surface area contributed by atoms with Crippen LogP contribution >= 0.6 is 11.8 Å². The predicted molar refractivity (Wildman–Crippen MR) is 76.0 cm³/mol. The fourth-order valence-electron chi connectivity index (χ4n) is 1.90. The fraction of sp³-hybridized carbons (Fsp3) is 0.250. The van der Waals surface area contributed by atoms with Crippen molar-refractivity contribution in [3.63, 3.8) is 0 Å². The molecule has 0 aromatic heterocycles. The van der Waals surface area contributed by atoms with Crippen molar-refractivity contribution in [3.8, 4) is 0 Å². The Bertz CT molecular complexity index is 541. The Balaban J connectivity index is 2.40. The Kier molecular flexibility index (Phi) is 3.58. The summed E-state index contributed by atoms with van der Waals surface area (Å²) in [6, 6.07) is 13.1. The molecule has 17 heavy (non-hydrogen) atoms. The Hall–Kier alpha value is -1.21. The molecule has 2 aromatic carbocycles. The number of hydrogen-bond donors (Lipinski definition) is 0. The molecule has 0 saturated heterocycles. The van der Waals surface area contributed by atoms with Gasteiger partial charge in [-0.25, -0.2) is 0 Å². The molecule has 0 atom stereocenters. The largest absolute Gasteiger partial charge is 0.0895 e. The van der Waals surface area contributed by atoms with Crippen LogP contribution in [0.25, 0.3) is 0 Å². The van der Waals surface area contributed by atoms with Gasteiger partial charge in [0, 0.05) is 9.79 Å². The van der Waals surface area contributed by atoms with E-state index in [0.717, 1.165) is 0 Å². The smallest absolute Gasteiger partial charge is 0.0156 e. The van der Waals surface area contributed by atoms with E-state index in [-0.39, 0.29) is 0 Å². The van der Waals surface area contributed by atoms with Crippen LogP contribution in [-0.4, -0.2) is 0 Å². The van der Waals surface area contributed by atoms with Crippen molar-refractivity contribution >= 4 is 11.8 Å². The van der Waals surface area contributed by atoms with Gasteiger partial charge in [0.05, 0.1) is 0 Å². The molecule has 0 N–H and O–H groups in total. The van der Waals surface area contributed by atoms with Gasteiger partial charge in [-0.2, -0.15) is 0 Å². The van der Waals surface area contributed by atoms with E-state index in [0.29, 0.717) is 0 Å². The van der Waals surface area contributed by atoms with E-state index in [1.165, 1.54) is 32.0 Å². The average molecular weight is 242 g/mol. The lowest BCUT2D eigenvalue weighted by atomic mass is 10.1. The monoisotopic (exact) mass is 242 g/mol. The summed E-state index contributed by atoms with van der Waals surface area (Å²) in [4.78, 5) is 2.72. The lowest BCUT2D eigenvalue weighted by Crippen LogP contribution is -1.88. The molecule has 0 fully saturated rings. The zero-order valence-corrected chi connectivity index (χ0v) is 11.7. The molecule has 2 aromatic rings. The van der Waals surface area contributed by atoms with E-state index in [4.69, 9.17) is 0 Å². The van der Waals surface area contributed by atoms with Crippen LogP contribution in [-0.2, 0) is 0 Å². The summed E-state index contributed by atoms with van der Waals surface area (Å²) in [7, 11) is 0. The standard InChI is InChI=1S/C16H18S/c1-11-9-13(3)14(4)16(10-11)17-15-8-6-5-7-12(15)2/h5-10H,1-4H3. The van der Waals surface area contributed by atoms with Gasteiger partial charge in [0.25, 0.3) is 0 Å². The van der Waals surface area contributed by atoms with Crippen molar-refractivity contribution in [2.24, 2.45) is 0 Å². The first-order chi connectivity index (χ1) is 8.08. The SMILES string of the molecule is Cc1cc(C)c(C)c(Sc2ccccc2C)c1. The van der Waals surface area contributed by atoms with Crippen LogP contribution < -0.4 is 0 Å². The van der Waals surface area contributed by atoms with E-state index in [9.17, 15) is 0 Å². The maximum absolute atomic E-state index is 2.28. The van der Waals surface area contributed by atoms with Crippen molar-refractivity contribution in [2.45, 2.75) is 37.5 Å². The molecule has 1 heteroatoms. The third kappa shape index (κ3) is 2.73. The predicted octanol–water partition coefficient (Wildman–Crippen LogP) is 5.07. The second kappa shape index (κ2) is 4.97. The highest BCUT2D eigenvalue weighted by Crippen LogP contribution is 2.34. The lowest BCUT2D eigenvalue weighted by molar-refractivity contribution is 1.19. The van der Waals surface area contributed by atoms with Crippen LogP contribution in [0, 0.1) is 27.7 Å². The third-order valence-electron chi connectivity index (χ3n) is 3.08. The zero-order valence-electron chi connectivity index (χ0n) is 10.9. The van der Waals surface area contributed by atoms with Crippen molar-refractivity contribution in [2.75, 3.05) is 0 Å². The van der Waals surface area contributed by atoms with E-state index in [1.54, 1.807) is 0 Å². The molecule has 0 aliphatic carbocycles. The minimum absolute atomic E-state index is 1.34. The van der Waals surface area contributed by atoms with E-state index >= 15 is 0 Å². The Morgan fingerprint density at radius 1 is 0.765 bits per heavy atom. The molecule has 0 nitrogen and oxygen atoms in total. The summed E-state index contributed by atoms with van der Waals surface area (Å²) in [6.45, 7) is 8.72. The lowest BCUT2D eigenvalue weighted by Gasteiger charge is -2.11. The van der Waals surface area contributed by atoms with Gasteiger partial charge < -0.3 is 0 Å².